The molecule has 4 aromatic rings. The molecule has 28 heavy (non-hydrogen) atoms. The Bertz CT molecular complexity index is 1340. The van der Waals surface area contributed by atoms with Gasteiger partial charge < -0.3 is 9.15 Å². The molecular weight excluding hydrogens is 446 g/mol. The second kappa shape index (κ2) is 6.09. The summed E-state index contributed by atoms with van der Waals surface area (Å²) >= 11 is 9.85. The maximum Gasteiger partial charge on any atom is 0.259 e. The van der Waals surface area contributed by atoms with E-state index in [2.05, 4.69) is 21.2 Å². The molecule has 0 aliphatic carbocycles. The SMILES string of the molecule is COc1cc(Br)c2oc3cc(-c4ccccc4Cl)c4c(c3c2c1)C(=O)NC4=O. The molecule has 0 saturated carbocycles. The molecule has 5 rings (SSSR count). The maximum atomic E-state index is 12.7. The monoisotopic (exact) mass is 455 g/mol. The molecule has 138 valence electrons. The molecule has 0 atom stereocenters. The first kappa shape index (κ1) is 17.3. The van der Waals surface area contributed by atoms with E-state index in [-0.39, 0.29) is 5.56 Å². The molecule has 7 heteroatoms. The fourth-order valence-corrected chi connectivity index (χ4v) is 4.43. The van der Waals surface area contributed by atoms with Gasteiger partial charge in [0.2, 0.25) is 0 Å². The van der Waals surface area contributed by atoms with Crippen LogP contribution in [0.4, 0.5) is 0 Å². The highest BCUT2D eigenvalue weighted by molar-refractivity contribution is 9.10. The van der Waals surface area contributed by atoms with E-state index in [4.69, 9.17) is 20.8 Å². The summed E-state index contributed by atoms with van der Waals surface area (Å²) in [4.78, 5) is 25.3. The molecule has 1 aromatic heterocycles. The van der Waals surface area contributed by atoms with Crippen molar-refractivity contribution >= 4 is 61.3 Å². The highest BCUT2D eigenvalue weighted by Gasteiger charge is 2.35. The normalized spacial score (nSPS) is 13.2. The van der Waals surface area contributed by atoms with Gasteiger partial charge in [0.15, 0.2) is 0 Å². The number of rotatable bonds is 2. The van der Waals surface area contributed by atoms with Crippen LogP contribution in [0.25, 0.3) is 33.1 Å². The summed E-state index contributed by atoms with van der Waals surface area (Å²) < 4.78 is 12.1. The topological polar surface area (TPSA) is 68.5 Å². The summed E-state index contributed by atoms with van der Waals surface area (Å²) in [6.45, 7) is 0. The number of ether oxygens (including phenoxy) is 1. The minimum absolute atomic E-state index is 0.288. The summed E-state index contributed by atoms with van der Waals surface area (Å²) in [6.07, 6.45) is 0. The van der Waals surface area contributed by atoms with Gasteiger partial charge in [-0.3, -0.25) is 14.9 Å². The lowest BCUT2D eigenvalue weighted by atomic mass is 9.93. The summed E-state index contributed by atoms with van der Waals surface area (Å²) in [5.41, 5.74) is 2.86. The summed E-state index contributed by atoms with van der Waals surface area (Å²) in [5, 5.41) is 4.14. The lowest BCUT2D eigenvalue weighted by Gasteiger charge is -2.09. The van der Waals surface area contributed by atoms with Crippen LogP contribution in [0.2, 0.25) is 5.02 Å². The smallest absolute Gasteiger partial charge is 0.259 e. The van der Waals surface area contributed by atoms with E-state index in [9.17, 15) is 9.59 Å². The van der Waals surface area contributed by atoms with Crippen LogP contribution in [0.3, 0.4) is 0 Å². The molecule has 1 aliphatic rings. The van der Waals surface area contributed by atoms with Crippen LogP contribution in [0.1, 0.15) is 20.7 Å². The van der Waals surface area contributed by atoms with Crippen molar-refractivity contribution in [1.82, 2.24) is 5.32 Å². The lowest BCUT2D eigenvalue weighted by Crippen LogP contribution is -2.20. The van der Waals surface area contributed by atoms with Crippen LogP contribution in [0, 0.1) is 0 Å². The van der Waals surface area contributed by atoms with Crippen molar-refractivity contribution in [3.8, 4) is 16.9 Å². The van der Waals surface area contributed by atoms with E-state index >= 15 is 0 Å². The summed E-state index contributed by atoms with van der Waals surface area (Å²) in [7, 11) is 1.56. The van der Waals surface area contributed by atoms with Crippen molar-refractivity contribution in [2.24, 2.45) is 0 Å². The first-order chi connectivity index (χ1) is 13.5. The van der Waals surface area contributed by atoms with Crippen LogP contribution in [-0.2, 0) is 0 Å². The Morgan fingerprint density at radius 2 is 1.79 bits per heavy atom. The van der Waals surface area contributed by atoms with Gasteiger partial charge in [-0.05, 0) is 40.2 Å². The van der Waals surface area contributed by atoms with Gasteiger partial charge in [-0.15, -0.1) is 0 Å². The van der Waals surface area contributed by atoms with Crippen LogP contribution in [0.15, 0.2) is 51.4 Å². The van der Waals surface area contributed by atoms with Crippen LogP contribution >= 0.6 is 27.5 Å². The van der Waals surface area contributed by atoms with E-state index in [1.165, 1.54) is 0 Å². The van der Waals surface area contributed by atoms with Gasteiger partial charge in [-0.1, -0.05) is 29.8 Å². The highest BCUT2D eigenvalue weighted by Crippen LogP contribution is 2.44. The number of methoxy groups -OCH3 is 1. The molecule has 0 spiro atoms. The van der Waals surface area contributed by atoms with Crippen molar-refractivity contribution in [1.29, 1.82) is 0 Å². The van der Waals surface area contributed by atoms with Crippen molar-refractivity contribution in [2.45, 2.75) is 0 Å². The van der Waals surface area contributed by atoms with Gasteiger partial charge >= 0.3 is 0 Å². The Kier molecular flexibility index (Phi) is 3.76. The Labute approximate surface area is 172 Å². The molecule has 5 nitrogen and oxygen atoms in total. The molecule has 2 heterocycles. The van der Waals surface area contributed by atoms with Gasteiger partial charge in [-0.2, -0.15) is 0 Å². The molecule has 0 fully saturated rings. The van der Waals surface area contributed by atoms with E-state index in [1.54, 1.807) is 43.5 Å². The van der Waals surface area contributed by atoms with Crippen molar-refractivity contribution in [2.75, 3.05) is 7.11 Å². The lowest BCUT2D eigenvalue weighted by molar-refractivity contribution is 0.0880. The number of halogens is 2. The number of fused-ring (bicyclic) bond motifs is 5. The number of furan rings is 1. The van der Waals surface area contributed by atoms with Crippen LogP contribution in [-0.4, -0.2) is 18.9 Å². The molecule has 3 aromatic carbocycles. The van der Waals surface area contributed by atoms with Crippen molar-refractivity contribution in [3.63, 3.8) is 0 Å². The number of hydrogen-bond donors (Lipinski definition) is 1. The number of carbonyl (C=O) groups is 2. The molecule has 1 aliphatic heterocycles. The van der Waals surface area contributed by atoms with Crippen molar-refractivity contribution in [3.05, 3.63) is 63.1 Å². The predicted molar refractivity (Wildman–Crippen MR) is 110 cm³/mol. The predicted octanol–water partition coefficient (Wildman–Crippen LogP) is 5.56. The highest BCUT2D eigenvalue weighted by atomic mass is 79.9. The Balaban J connectivity index is 1.99. The Morgan fingerprint density at radius 3 is 2.54 bits per heavy atom. The number of nitrogens with one attached hydrogen (secondary N) is 1. The number of amides is 2. The quantitative estimate of drug-likeness (QED) is 0.401. The second-order valence-electron chi connectivity index (χ2n) is 6.40. The maximum absolute atomic E-state index is 12.7. The Hall–Kier alpha value is -2.83. The van der Waals surface area contributed by atoms with Crippen LogP contribution in [0.5, 0.6) is 5.75 Å². The van der Waals surface area contributed by atoms with E-state index in [1.807, 2.05) is 6.07 Å². The second-order valence-corrected chi connectivity index (χ2v) is 7.66. The zero-order chi connectivity index (χ0) is 19.6. The number of imide groups is 1. The minimum atomic E-state index is -0.458. The first-order valence-corrected chi connectivity index (χ1v) is 9.54. The molecule has 0 radical (unpaired) electrons. The third kappa shape index (κ3) is 2.31. The van der Waals surface area contributed by atoms with E-state index in [0.717, 1.165) is 0 Å². The summed E-state index contributed by atoms with van der Waals surface area (Å²) in [5.74, 6) is -0.301. The van der Waals surface area contributed by atoms with E-state index in [0.29, 0.717) is 53.9 Å². The molecule has 1 N–H and O–H groups in total. The molecule has 0 unspecified atom stereocenters. The van der Waals surface area contributed by atoms with Crippen LogP contribution < -0.4 is 10.1 Å². The van der Waals surface area contributed by atoms with Gasteiger partial charge in [0, 0.05) is 26.9 Å². The molecular formula is C21H11BrClNO4. The number of hydrogen-bond acceptors (Lipinski definition) is 4. The minimum Gasteiger partial charge on any atom is -0.497 e. The largest absolute Gasteiger partial charge is 0.497 e. The Morgan fingerprint density at radius 1 is 1.04 bits per heavy atom. The van der Waals surface area contributed by atoms with E-state index < -0.39 is 11.8 Å². The molecule has 0 saturated heterocycles. The molecule has 0 bridgehead atoms. The number of benzene rings is 3. The van der Waals surface area contributed by atoms with Gasteiger partial charge in [0.1, 0.15) is 16.9 Å². The average molecular weight is 457 g/mol. The zero-order valence-corrected chi connectivity index (χ0v) is 16.8. The van der Waals surface area contributed by atoms with Crippen molar-refractivity contribution < 1.29 is 18.7 Å². The van der Waals surface area contributed by atoms with Gasteiger partial charge in [-0.25, -0.2) is 0 Å². The fourth-order valence-electron chi connectivity index (χ4n) is 3.68. The fraction of sp³-hybridized carbons (Fsp3) is 0.0476. The number of carbonyl (C=O) groups excluding carboxylic acids is 2. The molecule has 2 amide bonds. The van der Waals surface area contributed by atoms with Gasteiger partial charge in [0.25, 0.3) is 11.8 Å². The summed E-state index contributed by atoms with van der Waals surface area (Å²) in [6, 6.07) is 12.5. The standard InChI is InChI=1S/C21H11BrClNO4/c1-27-9-6-12-16-15(28-19(12)13(22)7-9)8-11(10-4-2-3-5-14(10)23)17-18(16)21(26)24-20(17)25/h2-8H,1H3,(H,24,25,26). The third-order valence-electron chi connectivity index (χ3n) is 4.87. The first-order valence-electron chi connectivity index (χ1n) is 8.37. The van der Waals surface area contributed by atoms with Gasteiger partial charge in [0.05, 0.1) is 22.7 Å². The zero-order valence-electron chi connectivity index (χ0n) is 14.4. The average Bonchev–Trinajstić information content (AvgIpc) is 3.19. The third-order valence-corrected chi connectivity index (χ3v) is 5.79.